The van der Waals surface area contributed by atoms with E-state index in [-0.39, 0.29) is 5.54 Å². The van der Waals surface area contributed by atoms with Crippen LogP contribution in [0.4, 0.5) is 0 Å². The fourth-order valence-electron chi connectivity index (χ4n) is 2.75. The first-order chi connectivity index (χ1) is 8.18. The molecule has 0 unspecified atom stereocenters. The van der Waals surface area contributed by atoms with Crippen LogP contribution in [0.3, 0.4) is 0 Å². The van der Waals surface area contributed by atoms with Crippen LogP contribution in [-0.4, -0.2) is 10.5 Å². The minimum absolute atomic E-state index is 0.0110. The molecule has 0 atom stereocenters. The van der Waals surface area contributed by atoms with Gasteiger partial charge in [0, 0.05) is 22.4 Å². The Bertz CT molecular complexity index is 357. The zero-order valence-corrected chi connectivity index (χ0v) is 11.9. The molecule has 1 aliphatic rings. The van der Waals surface area contributed by atoms with Crippen molar-refractivity contribution in [2.24, 2.45) is 5.73 Å². The molecule has 3 heteroatoms. The first kappa shape index (κ1) is 13.0. The number of halogens is 1. The van der Waals surface area contributed by atoms with E-state index >= 15 is 0 Å². The molecule has 0 spiro atoms. The molecule has 2 nitrogen and oxygen atoms in total. The van der Waals surface area contributed by atoms with Gasteiger partial charge >= 0.3 is 0 Å². The third-order valence-corrected chi connectivity index (χ3v) is 4.10. The largest absolute Gasteiger partial charge is 0.325 e. The number of pyridine rings is 1. The van der Waals surface area contributed by atoms with Crippen molar-refractivity contribution in [3.8, 4) is 0 Å². The Kier molecular flexibility index (Phi) is 4.57. The van der Waals surface area contributed by atoms with E-state index < -0.39 is 0 Å². The Labute approximate surface area is 112 Å². The number of nitrogens with zero attached hydrogens (tertiary/aromatic N) is 1. The lowest BCUT2D eigenvalue weighted by atomic mass is 9.80. The maximum Gasteiger partial charge on any atom is 0.0410 e. The Morgan fingerprint density at radius 2 is 1.76 bits per heavy atom. The van der Waals surface area contributed by atoms with Crippen LogP contribution in [0.1, 0.15) is 50.5 Å². The molecule has 1 aliphatic carbocycles. The van der Waals surface area contributed by atoms with Gasteiger partial charge in [0.1, 0.15) is 0 Å². The topological polar surface area (TPSA) is 38.9 Å². The van der Waals surface area contributed by atoms with Crippen LogP contribution in [0.25, 0.3) is 0 Å². The highest BCUT2D eigenvalue weighted by Crippen LogP contribution is 2.27. The molecule has 2 rings (SSSR count). The molecule has 0 amide bonds. The summed E-state index contributed by atoms with van der Waals surface area (Å²) in [5.74, 6) is 0. The van der Waals surface area contributed by atoms with Gasteiger partial charge in [-0.2, -0.15) is 0 Å². The lowest BCUT2D eigenvalue weighted by Crippen LogP contribution is -2.42. The standard InChI is InChI=1S/C14H21BrN2/c15-13-8-12(10-17-11-13)9-14(16)6-4-2-1-3-5-7-14/h8,10-11H,1-7,9,16H2. The number of hydrogen-bond donors (Lipinski definition) is 1. The molecular formula is C14H21BrN2. The maximum absolute atomic E-state index is 6.57. The van der Waals surface area contributed by atoms with Crippen molar-refractivity contribution in [3.05, 3.63) is 28.5 Å². The fourth-order valence-corrected chi connectivity index (χ4v) is 3.16. The Morgan fingerprint density at radius 3 is 2.41 bits per heavy atom. The highest BCUT2D eigenvalue weighted by molar-refractivity contribution is 9.10. The summed E-state index contributed by atoms with van der Waals surface area (Å²) >= 11 is 3.47. The predicted octanol–water partition coefficient (Wildman–Crippen LogP) is 3.83. The van der Waals surface area contributed by atoms with Crippen LogP contribution in [0.5, 0.6) is 0 Å². The molecule has 0 aromatic carbocycles. The summed E-state index contributed by atoms with van der Waals surface area (Å²) in [5, 5.41) is 0. The first-order valence-electron chi connectivity index (χ1n) is 6.56. The summed E-state index contributed by atoms with van der Waals surface area (Å²) in [6.07, 6.45) is 13.6. The van der Waals surface area contributed by atoms with Gasteiger partial charge in [-0.25, -0.2) is 0 Å². The van der Waals surface area contributed by atoms with Crippen molar-refractivity contribution in [1.29, 1.82) is 0 Å². The molecule has 94 valence electrons. The third-order valence-electron chi connectivity index (χ3n) is 3.67. The minimum Gasteiger partial charge on any atom is -0.325 e. The van der Waals surface area contributed by atoms with Crippen molar-refractivity contribution in [2.75, 3.05) is 0 Å². The van der Waals surface area contributed by atoms with Crippen LogP contribution in [0.15, 0.2) is 22.9 Å². The summed E-state index contributed by atoms with van der Waals surface area (Å²) in [4.78, 5) is 4.22. The highest BCUT2D eigenvalue weighted by atomic mass is 79.9. The average Bonchev–Trinajstić information content (AvgIpc) is 2.24. The van der Waals surface area contributed by atoms with Gasteiger partial charge in [-0.05, 0) is 46.8 Å². The zero-order chi connectivity index (χ0) is 12.1. The van der Waals surface area contributed by atoms with Crippen molar-refractivity contribution in [2.45, 2.75) is 56.9 Å². The molecule has 0 radical (unpaired) electrons. The fraction of sp³-hybridized carbons (Fsp3) is 0.643. The highest BCUT2D eigenvalue weighted by Gasteiger charge is 2.25. The number of aromatic nitrogens is 1. The van der Waals surface area contributed by atoms with Crippen LogP contribution in [0, 0.1) is 0 Å². The van der Waals surface area contributed by atoms with Crippen LogP contribution >= 0.6 is 15.9 Å². The van der Waals surface area contributed by atoms with Gasteiger partial charge in [-0.3, -0.25) is 4.98 Å². The molecule has 1 aromatic heterocycles. The predicted molar refractivity (Wildman–Crippen MR) is 74.9 cm³/mol. The number of rotatable bonds is 2. The Morgan fingerprint density at radius 1 is 1.12 bits per heavy atom. The SMILES string of the molecule is NC1(Cc2cncc(Br)c2)CCCCCCC1. The van der Waals surface area contributed by atoms with Gasteiger partial charge in [0.25, 0.3) is 0 Å². The average molecular weight is 297 g/mol. The molecule has 1 aromatic rings. The first-order valence-corrected chi connectivity index (χ1v) is 7.36. The monoisotopic (exact) mass is 296 g/mol. The Hall–Kier alpha value is -0.410. The molecule has 1 saturated carbocycles. The van der Waals surface area contributed by atoms with E-state index in [0.717, 1.165) is 23.7 Å². The van der Waals surface area contributed by atoms with Gasteiger partial charge in [0.15, 0.2) is 0 Å². The lowest BCUT2D eigenvalue weighted by molar-refractivity contribution is 0.314. The zero-order valence-electron chi connectivity index (χ0n) is 10.3. The smallest absolute Gasteiger partial charge is 0.0410 e. The van der Waals surface area contributed by atoms with Gasteiger partial charge in [-0.1, -0.05) is 32.1 Å². The van der Waals surface area contributed by atoms with E-state index in [9.17, 15) is 0 Å². The van der Waals surface area contributed by atoms with Gasteiger partial charge in [0.2, 0.25) is 0 Å². The molecule has 17 heavy (non-hydrogen) atoms. The second kappa shape index (κ2) is 5.96. The molecule has 2 N–H and O–H groups in total. The van der Waals surface area contributed by atoms with Crippen molar-refractivity contribution < 1.29 is 0 Å². The van der Waals surface area contributed by atoms with Gasteiger partial charge in [-0.15, -0.1) is 0 Å². The number of nitrogens with two attached hydrogens (primary N) is 1. The van der Waals surface area contributed by atoms with E-state index in [4.69, 9.17) is 5.73 Å². The maximum atomic E-state index is 6.57. The quantitative estimate of drug-likeness (QED) is 0.901. The van der Waals surface area contributed by atoms with E-state index in [1.165, 1.54) is 37.7 Å². The van der Waals surface area contributed by atoms with Crippen LogP contribution in [-0.2, 0) is 6.42 Å². The number of hydrogen-bond acceptors (Lipinski definition) is 2. The normalized spacial score (nSPS) is 20.6. The summed E-state index contributed by atoms with van der Waals surface area (Å²) in [6.45, 7) is 0. The van der Waals surface area contributed by atoms with Gasteiger partial charge < -0.3 is 5.73 Å². The van der Waals surface area contributed by atoms with E-state index in [0.29, 0.717) is 0 Å². The van der Waals surface area contributed by atoms with E-state index in [1.807, 2.05) is 12.4 Å². The van der Waals surface area contributed by atoms with Crippen molar-refractivity contribution in [3.63, 3.8) is 0 Å². The second-order valence-corrected chi connectivity index (χ2v) is 6.23. The molecule has 0 saturated heterocycles. The molecular weight excluding hydrogens is 276 g/mol. The minimum atomic E-state index is -0.0110. The molecule has 0 bridgehead atoms. The third kappa shape index (κ3) is 4.07. The summed E-state index contributed by atoms with van der Waals surface area (Å²) in [7, 11) is 0. The van der Waals surface area contributed by atoms with Crippen LogP contribution in [0.2, 0.25) is 0 Å². The van der Waals surface area contributed by atoms with Crippen LogP contribution < -0.4 is 5.73 Å². The molecule has 1 fully saturated rings. The summed E-state index contributed by atoms with van der Waals surface area (Å²) < 4.78 is 1.05. The molecule has 1 heterocycles. The summed E-state index contributed by atoms with van der Waals surface area (Å²) in [6, 6.07) is 2.14. The lowest BCUT2D eigenvalue weighted by Gasteiger charge is -2.31. The van der Waals surface area contributed by atoms with Crippen molar-refractivity contribution >= 4 is 15.9 Å². The second-order valence-electron chi connectivity index (χ2n) is 5.32. The van der Waals surface area contributed by atoms with Gasteiger partial charge in [0.05, 0.1) is 0 Å². The van der Waals surface area contributed by atoms with E-state index in [2.05, 4.69) is 27.0 Å². The summed E-state index contributed by atoms with van der Waals surface area (Å²) in [5.41, 5.74) is 7.81. The Balaban J connectivity index is 2.03. The van der Waals surface area contributed by atoms with Crippen molar-refractivity contribution in [1.82, 2.24) is 4.98 Å². The molecule has 0 aliphatic heterocycles. The van der Waals surface area contributed by atoms with E-state index in [1.54, 1.807) is 0 Å².